The molecule has 220 valence electrons. The Morgan fingerprint density at radius 3 is 0.692 bits per heavy atom. The second-order valence-electron chi connectivity index (χ2n) is 17.0. The SMILES string of the molecule is CC(C)C[Si]1(CC(C)C)[Si]2(C3C=CC=C3)[Si](CC(C)C)(CC(C)C)[Si]1(C1C=CC=C1)[Si]2(CC(C)C)CC(C)C. The lowest BCUT2D eigenvalue weighted by Crippen LogP contribution is -3.32. The molecule has 0 saturated carbocycles. The van der Waals surface area contributed by atoms with Crippen molar-refractivity contribution < 1.29 is 0 Å². The predicted octanol–water partition coefficient (Wildman–Crippen LogP) is 10.7. The monoisotopic (exact) mass is 612 g/mol. The van der Waals surface area contributed by atoms with E-state index >= 15 is 0 Å². The van der Waals surface area contributed by atoms with Gasteiger partial charge < -0.3 is 0 Å². The number of hydrogen-bond acceptors (Lipinski definition) is 0. The van der Waals surface area contributed by atoms with Crippen molar-refractivity contribution in [1.29, 1.82) is 0 Å². The van der Waals surface area contributed by atoms with Crippen molar-refractivity contribution in [3.05, 3.63) is 48.6 Å². The molecule has 3 aliphatic heterocycles. The van der Waals surface area contributed by atoms with Crippen LogP contribution in [0, 0.1) is 35.5 Å². The maximum Gasteiger partial charge on any atom is 0.0432 e. The molecule has 2 aliphatic carbocycles. The molecule has 0 aromatic carbocycles. The molecule has 3 fully saturated rings. The topological polar surface area (TPSA) is 0 Å². The molecular weight excluding hydrogens is 549 g/mol. The molecule has 0 N–H and O–H groups in total. The zero-order valence-corrected chi connectivity index (χ0v) is 33.0. The van der Waals surface area contributed by atoms with Gasteiger partial charge in [-0.15, -0.1) is 0 Å². The van der Waals surface area contributed by atoms with Crippen LogP contribution in [0.15, 0.2) is 48.6 Å². The van der Waals surface area contributed by atoms with E-state index in [4.69, 9.17) is 0 Å². The number of rotatable bonds is 14. The van der Waals surface area contributed by atoms with E-state index in [9.17, 15) is 0 Å². The van der Waals surface area contributed by atoms with Crippen LogP contribution in [0.3, 0.4) is 0 Å². The molecule has 0 nitrogen and oxygen atoms in total. The van der Waals surface area contributed by atoms with Crippen molar-refractivity contribution in [2.75, 3.05) is 0 Å². The van der Waals surface area contributed by atoms with Crippen LogP contribution >= 0.6 is 0 Å². The van der Waals surface area contributed by atoms with Crippen LogP contribution in [-0.4, -0.2) is 34.6 Å². The van der Waals surface area contributed by atoms with Gasteiger partial charge in [0.15, 0.2) is 0 Å². The lowest BCUT2D eigenvalue weighted by molar-refractivity contribution is 0.671. The number of hydrogen-bond donors (Lipinski definition) is 0. The molecule has 0 spiro atoms. The van der Waals surface area contributed by atoms with Gasteiger partial charge in [0, 0.05) is 34.6 Å². The third-order valence-electron chi connectivity index (χ3n) is 11.6. The quantitative estimate of drug-likeness (QED) is 0.171. The second kappa shape index (κ2) is 11.3. The molecule has 5 rings (SSSR count). The first-order chi connectivity index (χ1) is 18.2. The fourth-order valence-corrected chi connectivity index (χ4v) is 326. The zero-order chi connectivity index (χ0) is 29.0. The van der Waals surface area contributed by atoms with E-state index < -0.39 is 34.6 Å². The Morgan fingerprint density at radius 2 is 0.538 bits per heavy atom. The fraction of sp³-hybridized carbons (Fsp3) is 0.765. The zero-order valence-electron chi connectivity index (χ0n) is 28.0. The Kier molecular flexibility index (Phi) is 9.24. The Morgan fingerprint density at radius 1 is 0.359 bits per heavy atom. The highest BCUT2D eigenvalue weighted by Gasteiger charge is 3.08. The first-order valence-electron chi connectivity index (χ1n) is 16.9. The minimum atomic E-state index is -1.54. The standard InChI is InChI=1S/C34H64Si5/c1-27(2)21-35(22-28(3)4)38(33-17-13-14-18-33)36(23-29(5)6,24-30(7)8)39(35,34-19-15-16-20-34)37(38,25-31(9)10)26-32(11)12/h13-20,27-34H,21-26H2,1-12H3. The van der Waals surface area contributed by atoms with Gasteiger partial charge in [0.05, 0.1) is 0 Å². The van der Waals surface area contributed by atoms with Crippen molar-refractivity contribution in [1.82, 2.24) is 0 Å². The van der Waals surface area contributed by atoms with Gasteiger partial charge in [0.25, 0.3) is 0 Å². The summed E-state index contributed by atoms with van der Waals surface area (Å²) in [5, 5.41) is 0. The summed E-state index contributed by atoms with van der Waals surface area (Å²) in [5.41, 5.74) is 1.83. The molecule has 3 heterocycles. The molecular formula is C34H64Si5. The van der Waals surface area contributed by atoms with Crippen LogP contribution in [0.5, 0.6) is 0 Å². The third kappa shape index (κ3) is 4.08. The normalized spacial score (nSPS) is 30.2. The molecule has 0 aromatic heterocycles. The van der Waals surface area contributed by atoms with E-state index in [0.29, 0.717) is 0 Å². The smallest absolute Gasteiger partial charge is 0.0432 e. The van der Waals surface area contributed by atoms with Gasteiger partial charge >= 0.3 is 0 Å². The molecule has 0 atom stereocenters. The van der Waals surface area contributed by atoms with Crippen LogP contribution in [0.25, 0.3) is 0 Å². The highest BCUT2D eigenvalue weighted by Crippen LogP contribution is 2.84. The van der Waals surface area contributed by atoms with Gasteiger partial charge in [-0.2, -0.15) is 0 Å². The summed E-state index contributed by atoms with van der Waals surface area (Å²) < 4.78 is 0. The average Bonchev–Trinajstić information content (AvgIpc) is 3.46. The highest BCUT2D eigenvalue weighted by molar-refractivity contribution is 8.48. The fourth-order valence-electron chi connectivity index (χ4n) is 13.2. The van der Waals surface area contributed by atoms with Crippen molar-refractivity contribution >= 4 is 34.6 Å². The molecule has 0 amide bonds. The Balaban J connectivity index is 2.21. The van der Waals surface area contributed by atoms with Gasteiger partial charge in [-0.3, -0.25) is 0 Å². The van der Waals surface area contributed by atoms with Gasteiger partial charge in [-0.1, -0.05) is 168 Å². The van der Waals surface area contributed by atoms with E-state index in [-0.39, 0.29) is 0 Å². The molecule has 5 heteroatoms. The van der Waals surface area contributed by atoms with Crippen LogP contribution < -0.4 is 0 Å². The maximum absolute atomic E-state index is 2.86. The minimum absolute atomic E-state index is 0.882. The highest BCUT2D eigenvalue weighted by atomic mass is 30.6. The predicted molar refractivity (Wildman–Crippen MR) is 191 cm³/mol. The first-order valence-corrected chi connectivity index (χ1v) is 34.3. The summed E-state index contributed by atoms with van der Waals surface area (Å²) in [7, 11) is -4.34. The summed E-state index contributed by atoms with van der Waals surface area (Å²) in [6.45, 7) is 28.6. The Labute approximate surface area is 248 Å². The van der Waals surface area contributed by atoms with Gasteiger partial charge in [-0.25, -0.2) is 0 Å². The van der Waals surface area contributed by atoms with Gasteiger partial charge in [0.1, 0.15) is 0 Å². The third-order valence-corrected chi connectivity index (χ3v) is 173. The van der Waals surface area contributed by atoms with E-state index in [1.807, 2.05) is 0 Å². The van der Waals surface area contributed by atoms with Crippen LogP contribution in [0.2, 0.25) is 47.3 Å². The molecule has 0 aromatic rings. The lowest BCUT2D eigenvalue weighted by atomic mass is 10.3. The summed E-state index contributed by atoms with van der Waals surface area (Å²) in [5.74, 6) is 5.29. The van der Waals surface area contributed by atoms with E-state index in [2.05, 4.69) is 132 Å². The summed E-state index contributed by atoms with van der Waals surface area (Å²) in [6.07, 6.45) is 21.5. The molecule has 39 heavy (non-hydrogen) atoms. The Bertz CT molecular complexity index is 809. The van der Waals surface area contributed by atoms with Gasteiger partial charge in [0.2, 0.25) is 0 Å². The summed E-state index contributed by atoms with van der Waals surface area (Å²) in [4.78, 5) is 0. The molecule has 0 radical (unpaired) electrons. The molecule has 2 bridgehead atoms. The summed E-state index contributed by atoms with van der Waals surface area (Å²) >= 11 is 0. The van der Waals surface area contributed by atoms with E-state index in [1.54, 1.807) is 36.3 Å². The van der Waals surface area contributed by atoms with Crippen molar-refractivity contribution in [2.45, 2.75) is 130 Å². The molecule has 3 saturated heterocycles. The van der Waals surface area contributed by atoms with Crippen LogP contribution in [0.4, 0.5) is 0 Å². The van der Waals surface area contributed by atoms with Crippen LogP contribution in [0.1, 0.15) is 83.1 Å². The van der Waals surface area contributed by atoms with Crippen molar-refractivity contribution in [3.8, 4) is 0 Å². The molecule has 0 unspecified atom stereocenters. The largest absolute Gasteiger partial charge is 0.0812 e. The maximum atomic E-state index is 2.86. The lowest BCUT2D eigenvalue weighted by Gasteiger charge is -3.03. The van der Waals surface area contributed by atoms with E-state index in [0.717, 1.165) is 46.6 Å². The van der Waals surface area contributed by atoms with Crippen LogP contribution in [-0.2, 0) is 0 Å². The summed E-state index contributed by atoms with van der Waals surface area (Å²) in [6, 6.07) is 10.2. The van der Waals surface area contributed by atoms with Gasteiger partial charge in [-0.05, 0) is 46.6 Å². The second-order valence-corrected chi connectivity index (χ2v) is 75.5. The minimum Gasteiger partial charge on any atom is -0.0812 e. The number of allylic oxidation sites excluding steroid dienone is 8. The van der Waals surface area contributed by atoms with E-state index in [1.165, 1.54) is 0 Å². The average molecular weight is 613 g/mol. The van der Waals surface area contributed by atoms with Crippen molar-refractivity contribution in [3.63, 3.8) is 0 Å². The first kappa shape index (κ1) is 32.0. The van der Waals surface area contributed by atoms with Crippen molar-refractivity contribution in [2.24, 2.45) is 35.5 Å². The molecule has 5 aliphatic rings. The Hall–Kier alpha value is 0.0444.